The number of hydrogen-bond donors (Lipinski definition) is 0. The van der Waals surface area contributed by atoms with Gasteiger partial charge in [0, 0.05) is 12.0 Å². The maximum Gasteiger partial charge on any atom is 0.159 e. The van der Waals surface area contributed by atoms with Gasteiger partial charge < -0.3 is 4.74 Å². The van der Waals surface area contributed by atoms with Crippen LogP contribution < -0.4 is 0 Å². The van der Waals surface area contributed by atoms with Crippen LogP contribution in [-0.2, 0) is 21.6 Å². The molecule has 1 heterocycles. The minimum absolute atomic E-state index is 0.149. The van der Waals surface area contributed by atoms with E-state index >= 15 is 0 Å². The minimum Gasteiger partial charge on any atom is -0.486 e. The second kappa shape index (κ2) is 4.52. The van der Waals surface area contributed by atoms with Crippen molar-refractivity contribution in [1.82, 2.24) is 0 Å². The lowest BCUT2D eigenvalue weighted by Crippen LogP contribution is -2.26. The Balaban J connectivity index is 2.05. The van der Waals surface area contributed by atoms with E-state index < -0.39 is 0 Å². The summed E-state index contributed by atoms with van der Waals surface area (Å²) in [5.41, 5.74) is 3.27. The monoisotopic (exact) mass is 256 g/mol. The Morgan fingerprint density at radius 1 is 1.26 bits per heavy atom. The Kier molecular flexibility index (Phi) is 2.96. The fraction of sp³-hybridized carbons (Fsp3) is 0.471. The predicted molar refractivity (Wildman–Crippen MR) is 74.8 cm³/mol. The molecule has 0 amide bonds. The van der Waals surface area contributed by atoms with Gasteiger partial charge >= 0.3 is 0 Å². The van der Waals surface area contributed by atoms with Gasteiger partial charge in [0.2, 0.25) is 0 Å². The zero-order valence-corrected chi connectivity index (χ0v) is 11.7. The van der Waals surface area contributed by atoms with Gasteiger partial charge in [-0.15, -0.1) is 0 Å². The highest BCUT2D eigenvalue weighted by Crippen LogP contribution is 2.48. The van der Waals surface area contributed by atoms with Crippen LogP contribution in [-0.4, -0.2) is 5.78 Å². The first kappa shape index (κ1) is 12.5. The van der Waals surface area contributed by atoms with E-state index in [9.17, 15) is 4.79 Å². The molecule has 0 fully saturated rings. The van der Waals surface area contributed by atoms with E-state index in [0.29, 0.717) is 0 Å². The SMILES string of the molecule is CC(=O)C1=C(C)OC2(CCCCc3ccccc32)C1. The van der Waals surface area contributed by atoms with Gasteiger partial charge in [-0.3, -0.25) is 4.79 Å². The number of aryl methyl sites for hydroxylation is 1. The number of rotatable bonds is 1. The Bertz CT molecular complexity index is 556. The van der Waals surface area contributed by atoms with Crippen molar-refractivity contribution in [3.8, 4) is 0 Å². The van der Waals surface area contributed by atoms with Crippen molar-refractivity contribution in [3.05, 3.63) is 46.7 Å². The molecule has 100 valence electrons. The molecule has 1 aliphatic heterocycles. The molecule has 1 spiro atoms. The molecule has 1 unspecified atom stereocenters. The molecule has 0 saturated heterocycles. The van der Waals surface area contributed by atoms with Crippen molar-refractivity contribution in [1.29, 1.82) is 0 Å². The fourth-order valence-corrected chi connectivity index (χ4v) is 3.51. The summed E-state index contributed by atoms with van der Waals surface area (Å²) < 4.78 is 6.23. The van der Waals surface area contributed by atoms with Gasteiger partial charge in [-0.1, -0.05) is 24.3 Å². The lowest BCUT2D eigenvalue weighted by Gasteiger charge is -2.30. The molecular formula is C17H20O2. The van der Waals surface area contributed by atoms with Crippen LogP contribution in [0.4, 0.5) is 0 Å². The summed E-state index contributed by atoms with van der Waals surface area (Å²) in [4.78, 5) is 11.7. The molecule has 2 nitrogen and oxygen atoms in total. The number of allylic oxidation sites excluding steroid dienone is 1. The van der Waals surface area contributed by atoms with E-state index in [-0.39, 0.29) is 11.4 Å². The molecule has 0 saturated carbocycles. The lowest BCUT2D eigenvalue weighted by molar-refractivity contribution is -0.113. The molecule has 0 N–H and O–H groups in total. The van der Waals surface area contributed by atoms with Crippen molar-refractivity contribution >= 4 is 5.78 Å². The number of hydrogen-bond acceptors (Lipinski definition) is 2. The van der Waals surface area contributed by atoms with E-state index in [2.05, 4.69) is 24.3 Å². The van der Waals surface area contributed by atoms with Crippen molar-refractivity contribution in [2.45, 2.75) is 51.6 Å². The fourth-order valence-electron chi connectivity index (χ4n) is 3.51. The van der Waals surface area contributed by atoms with E-state index in [1.165, 1.54) is 17.5 Å². The maximum atomic E-state index is 11.7. The zero-order valence-electron chi connectivity index (χ0n) is 11.7. The van der Waals surface area contributed by atoms with Crippen LogP contribution in [0.1, 0.15) is 50.7 Å². The average molecular weight is 256 g/mol. The molecule has 1 aromatic carbocycles. The first-order valence-electron chi connectivity index (χ1n) is 7.10. The largest absolute Gasteiger partial charge is 0.486 e. The van der Waals surface area contributed by atoms with E-state index in [4.69, 9.17) is 4.74 Å². The molecule has 1 aromatic rings. The first-order valence-corrected chi connectivity index (χ1v) is 7.10. The Hall–Kier alpha value is -1.57. The molecule has 0 bridgehead atoms. The molecule has 0 radical (unpaired) electrons. The van der Waals surface area contributed by atoms with Gasteiger partial charge in [0.1, 0.15) is 11.4 Å². The van der Waals surface area contributed by atoms with Gasteiger partial charge in [-0.2, -0.15) is 0 Å². The Labute approximate surface area is 114 Å². The molecule has 0 aromatic heterocycles. The van der Waals surface area contributed by atoms with Crippen LogP contribution in [0.2, 0.25) is 0 Å². The van der Waals surface area contributed by atoms with Crippen LogP contribution in [0.25, 0.3) is 0 Å². The minimum atomic E-state index is -0.280. The highest BCUT2D eigenvalue weighted by molar-refractivity contribution is 5.94. The van der Waals surface area contributed by atoms with Crippen LogP contribution in [0.15, 0.2) is 35.6 Å². The molecule has 2 aliphatic rings. The highest BCUT2D eigenvalue weighted by atomic mass is 16.5. The number of benzene rings is 1. The summed E-state index contributed by atoms with van der Waals surface area (Å²) in [7, 11) is 0. The van der Waals surface area contributed by atoms with Crippen molar-refractivity contribution in [2.75, 3.05) is 0 Å². The number of fused-ring (bicyclic) bond motifs is 2. The summed E-state index contributed by atoms with van der Waals surface area (Å²) in [5.74, 6) is 0.973. The molecule has 3 rings (SSSR count). The van der Waals surface area contributed by atoms with Gasteiger partial charge in [-0.05, 0) is 50.7 Å². The molecule has 1 aliphatic carbocycles. The van der Waals surface area contributed by atoms with Crippen molar-refractivity contribution in [2.24, 2.45) is 0 Å². The predicted octanol–water partition coefficient (Wildman–Crippen LogP) is 3.89. The number of Topliss-reactive ketones (excluding diaryl/α,β-unsaturated/α-hetero) is 1. The lowest BCUT2D eigenvalue weighted by atomic mass is 9.83. The number of carbonyl (C=O) groups is 1. The van der Waals surface area contributed by atoms with Gasteiger partial charge in [0.25, 0.3) is 0 Å². The van der Waals surface area contributed by atoms with Gasteiger partial charge in [0.15, 0.2) is 5.78 Å². The maximum absolute atomic E-state index is 11.7. The van der Waals surface area contributed by atoms with E-state index in [1.807, 2.05) is 6.92 Å². The topological polar surface area (TPSA) is 26.3 Å². The summed E-state index contributed by atoms with van der Waals surface area (Å²) in [6, 6.07) is 8.55. The summed E-state index contributed by atoms with van der Waals surface area (Å²) in [6.07, 6.45) is 5.24. The third-order valence-corrected chi connectivity index (χ3v) is 4.45. The average Bonchev–Trinajstić information content (AvgIpc) is 2.63. The highest BCUT2D eigenvalue weighted by Gasteiger charge is 2.43. The number of ketones is 1. The standard InChI is InChI=1S/C17H20O2/c1-12(18)15-11-17(19-13(15)2)10-6-5-8-14-7-3-4-9-16(14)17/h3-4,7,9H,5-6,8,10-11H2,1-2H3. The third kappa shape index (κ3) is 1.99. The third-order valence-electron chi connectivity index (χ3n) is 4.45. The summed E-state index contributed by atoms with van der Waals surface area (Å²) >= 11 is 0. The molecular weight excluding hydrogens is 236 g/mol. The quantitative estimate of drug-likeness (QED) is 0.762. The molecule has 2 heteroatoms. The van der Waals surface area contributed by atoms with Crippen LogP contribution >= 0.6 is 0 Å². The Morgan fingerprint density at radius 3 is 2.79 bits per heavy atom. The summed E-state index contributed by atoms with van der Waals surface area (Å²) in [5, 5.41) is 0. The number of ether oxygens (including phenoxy) is 1. The van der Waals surface area contributed by atoms with E-state index in [0.717, 1.165) is 37.0 Å². The normalized spacial score (nSPS) is 26.0. The van der Waals surface area contributed by atoms with Crippen molar-refractivity contribution < 1.29 is 9.53 Å². The molecule has 19 heavy (non-hydrogen) atoms. The Morgan fingerprint density at radius 2 is 2.05 bits per heavy atom. The van der Waals surface area contributed by atoms with Crippen LogP contribution in [0, 0.1) is 0 Å². The van der Waals surface area contributed by atoms with E-state index in [1.54, 1.807) is 6.92 Å². The van der Waals surface area contributed by atoms with Crippen molar-refractivity contribution in [3.63, 3.8) is 0 Å². The smallest absolute Gasteiger partial charge is 0.159 e. The zero-order chi connectivity index (χ0) is 13.5. The second-order valence-electron chi connectivity index (χ2n) is 5.73. The van der Waals surface area contributed by atoms with Gasteiger partial charge in [0.05, 0.1) is 0 Å². The second-order valence-corrected chi connectivity index (χ2v) is 5.73. The summed E-state index contributed by atoms with van der Waals surface area (Å²) in [6.45, 7) is 3.57. The first-order chi connectivity index (χ1) is 9.12. The van der Waals surface area contributed by atoms with Crippen LogP contribution in [0.5, 0.6) is 0 Å². The molecule has 1 atom stereocenters. The van der Waals surface area contributed by atoms with Crippen LogP contribution in [0.3, 0.4) is 0 Å². The van der Waals surface area contributed by atoms with Gasteiger partial charge in [-0.25, -0.2) is 0 Å². The number of carbonyl (C=O) groups excluding carboxylic acids is 1.